The fraction of sp³-hybridized carbons (Fsp3) is 0.545. The SMILES string of the molecule is CNC(=O)c1cc(S(=O)(=O)N2CC[C@@H](N)C2)cn1C. The van der Waals surface area contributed by atoms with Gasteiger partial charge in [-0.05, 0) is 12.5 Å². The summed E-state index contributed by atoms with van der Waals surface area (Å²) in [5.41, 5.74) is 6.04. The van der Waals surface area contributed by atoms with Crippen LogP contribution in [-0.4, -0.2) is 49.4 Å². The highest BCUT2D eigenvalue weighted by Gasteiger charge is 2.32. The van der Waals surface area contributed by atoms with Crippen molar-refractivity contribution in [2.75, 3.05) is 20.1 Å². The van der Waals surface area contributed by atoms with Crippen molar-refractivity contribution in [3.8, 4) is 0 Å². The number of aromatic nitrogens is 1. The average molecular weight is 286 g/mol. The Morgan fingerprint density at radius 3 is 2.74 bits per heavy atom. The van der Waals surface area contributed by atoms with Crippen LogP contribution in [-0.2, 0) is 17.1 Å². The number of carbonyl (C=O) groups is 1. The zero-order valence-electron chi connectivity index (χ0n) is 11.0. The molecule has 2 rings (SSSR count). The maximum atomic E-state index is 12.4. The molecule has 3 N–H and O–H groups in total. The summed E-state index contributed by atoms with van der Waals surface area (Å²) in [6.07, 6.45) is 2.11. The smallest absolute Gasteiger partial charge is 0.267 e. The van der Waals surface area contributed by atoms with Gasteiger partial charge in [0, 0.05) is 39.4 Å². The van der Waals surface area contributed by atoms with Crippen LogP contribution in [0.15, 0.2) is 17.2 Å². The van der Waals surface area contributed by atoms with Gasteiger partial charge in [-0.2, -0.15) is 4.31 Å². The quantitative estimate of drug-likeness (QED) is 0.753. The minimum atomic E-state index is -3.56. The Bertz CT molecular complexity index is 593. The van der Waals surface area contributed by atoms with Crippen LogP contribution >= 0.6 is 0 Å². The molecule has 1 aliphatic heterocycles. The van der Waals surface area contributed by atoms with Gasteiger partial charge in [-0.25, -0.2) is 8.42 Å². The van der Waals surface area contributed by atoms with Gasteiger partial charge in [0.1, 0.15) is 10.6 Å². The number of hydrogen-bond donors (Lipinski definition) is 2. The number of nitrogens with two attached hydrogens (primary N) is 1. The van der Waals surface area contributed by atoms with Crippen LogP contribution in [0.1, 0.15) is 16.9 Å². The third-order valence-electron chi connectivity index (χ3n) is 3.26. The van der Waals surface area contributed by atoms with Crippen LogP contribution in [0.5, 0.6) is 0 Å². The van der Waals surface area contributed by atoms with Gasteiger partial charge in [0.25, 0.3) is 5.91 Å². The van der Waals surface area contributed by atoms with Crippen molar-refractivity contribution < 1.29 is 13.2 Å². The number of carbonyl (C=O) groups excluding carboxylic acids is 1. The molecular weight excluding hydrogens is 268 g/mol. The first-order valence-electron chi connectivity index (χ1n) is 6.00. The highest BCUT2D eigenvalue weighted by molar-refractivity contribution is 7.89. The zero-order valence-corrected chi connectivity index (χ0v) is 11.8. The molecule has 0 aliphatic carbocycles. The topological polar surface area (TPSA) is 97.4 Å². The van der Waals surface area contributed by atoms with E-state index in [-0.39, 0.29) is 16.8 Å². The molecule has 0 aromatic carbocycles. The van der Waals surface area contributed by atoms with Crippen LogP contribution in [0.2, 0.25) is 0 Å². The molecular formula is C11H18N4O3S. The predicted octanol–water partition coefficient (Wildman–Crippen LogP) is -0.894. The molecule has 0 spiro atoms. The van der Waals surface area contributed by atoms with Crippen molar-refractivity contribution in [3.05, 3.63) is 18.0 Å². The molecule has 7 nitrogen and oxygen atoms in total. The largest absolute Gasteiger partial charge is 0.354 e. The first-order valence-corrected chi connectivity index (χ1v) is 7.44. The van der Waals surface area contributed by atoms with Crippen LogP contribution in [0.3, 0.4) is 0 Å². The van der Waals surface area contributed by atoms with E-state index >= 15 is 0 Å². The summed E-state index contributed by atoms with van der Waals surface area (Å²) in [6, 6.07) is 1.27. The van der Waals surface area contributed by atoms with Crippen LogP contribution < -0.4 is 11.1 Å². The molecule has 1 fully saturated rings. The highest BCUT2D eigenvalue weighted by Crippen LogP contribution is 2.22. The van der Waals surface area contributed by atoms with Gasteiger partial charge < -0.3 is 15.6 Å². The monoisotopic (exact) mass is 286 g/mol. The second-order valence-corrected chi connectivity index (χ2v) is 6.60. The molecule has 1 aliphatic rings. The Balaban J connectivity index is 2.34. The maximum absolute atomic E-state index is 12.4. The summed E-state index contributed by atoms with van der Waals surface area (Å²) >= 11 is 0. The van der Waals surface area contributed by atoms with E-state index in [0.29, 0.717) is 25.2 Å². The lowest BCUT2D eigenvalue weighted by Crippen LogP contribution is -2.31. The minimum absolute atomic E-state index is 0.114. The number of rotatable bonds is 3. The van der Waals surface area contributed by atoms with Gasteiger partial charge in [0.05, 0.1) is 0 Å². The predicted molar refractivity (Wildman–Crippen MR) is 70.2 cm³/mol. The Labute approximate surface area is 112 Å². The number of nitrogens with zero attached hydrogens (tertiary/aromatic N) is 2. The molecule has 106 valence electrons. The standard InChI is InChI=1S/C11H18N4O3S/c1-13-11(16)10-5-9(7-14(10)2)19(17,18)15-4-3-8(12)6-15/h5,7-8H,3-4,6,12H2,1-2H3,(H,13,16)/t8-/m1/s1. The third kappa shape index (κ3) is 2.51. The molecule has 19 heavy (non-hydrogen) atoms. The van der Waals surface area contributed by atoms with E-state index in [1.165, 1.54) is 28.2 Å². The van der Waals surface area contributed by atoms with Crippen LogP contribution in [0, 0.1) is 0 Å². The van der Waals surface area contributed by atoms with Crippen molar-refractivity contribution in [1.29, 1.82) is 0 Å². The Kier molecular flexibility index (Phi) is 3.66. The van der Waals surface area contributed by atoms with Gasteiger partial charge >= 0.3 is 0 Å². The second-order valence-electron chi connectivity index (χ2n) is 4.66. The number of amides is 1. The number of hydrogen-bond acceptors (Lipinski definition) is 4. The number of aryl methyl sites for hydroxylation is 1. The summed E-state index contributed by atoms with van der Waals surface area (Å²) in [6.45, 7) is 0.750. The second kappa shape index (κ2) is 4.95. The number of nitrogens with one attached hydrogen (secondary N) is 1. The number of sulfonamides is 1. The van der Waals surface area contributed by atoms with Gasteiger partial charge in [-0.1, -0.05) is 0 Å². The van der Waals surface area contributed by atoms with Gasteiger partial charge in [-0.15, -0.1) is 0 Å². The van der Waals surface area contributed by atoms with Crippen LogP contribution in [0.25, 0.3) is 0 Å². The molecule has 0 saturated carbocycles. The summed E-state index contributed by atoms with van der Waals surface area (Å²) in [7, 11) is -0.421. The molecule has 1 atom stereocenters. The first kappa shape index (κ1) is 14.0. The fourth-order valence-electron chi connectivity index (χ4n) is 2.15. The fourth-order valence-corrected chi connectivity index (χ4v) is 3.73. The van der Waals surface area contributed by atoms with Crippen molar-refractivity contribution >= 4 is 15.9 Å². The summed E-state index contributed by atoms with van der Waals surface area (Å²) < 4.78 is 27.6. The molecule has 1 aromatic rings. The Hall–Kier alpha value is -1.38. The van der Waals surface area contributed by atoms with Gasteiger partial charge in [-0.3, -0.25) is 4.79 Å². The molecule has 0 radical (unpaired) electrons. The first-order chi connectivity index (χ1) is 8.86. The molecule has 1 aromatic heterocycles. The average Bonchev–Trinajstić information content (AvgIpc) is 2.95. The lowest BCUT2D eigenvalue weighted by atomic mass is 10.3. The Morgan fingerprint density at radius 2 is 2.21 bits per heavy atom. The van der Waals surface area contributed by atoms with E-state index in [1.807, 2.05) is 0 Å². The molecule has 0 unspecified atom stereocenters. The molecule has 2 heterocycles. The van der Waals surface area contributed by atoms with E-state index < -0.39 is 10.0 Å². The van der Waals surface area contributed by atoms with Crippen molar-refractivity contribution in [2.45, 2.75) is 17.4 Å². The van der Waals surface area contributed by atoms with E-state index in [1.54, 1.807) is 7.05 Å². The maximum Gasteiger partial charge on any atom is 0.267 e. The molecule has 0 bridgehead atoms. The zero-order chi connectivity index (χ0) is 14.2. The minimum Gasteiger partial charge on any atom is -0.354 e. The van der Waals surface area contributed by atoms with E-state index in [2.05, 4.69) is 5.32 Å². The summed E-state index contributed by atoms with van der Waals surface area (Å²) in [4.78, 5) is 11.7. The van der Waals surface area contributed by atoms with Crippen molar-refractivity contribution in [2.24, 2.45) is 12.8 Å². The van der Waals surface area contributed by atoms with E-state index in [9.17, 15) is 13.2 Å². The normalized spacial score (nSPS) is 20.7. The molecule has 1 saturated heterocycles. The highest BCUT2D eigenvalue weighted by atomic mass is 32.2. The van der Waals surface area contributed by atoms with E-state index in [4.69, 9.17) is 5.73 Å². The van der Waals surface area contributed by atoms with Crippen molar-refractivity contribution in [3.63, 3.8) is 0 Å². The lowest BCUT2D eigenvalue weighted by Gasteiger charge is -2.14. The van der Waals surface area contributed by atoms with E-state index in [0.717, 1.165) is 0 Å². The lowest BCUT2D eigenvalue weighted by molar-refractivity contribution is 0.0955. The summed E-state index contributed by atoms with van der Waals surface area (Å²) in [5.74, 6) is -0.318. The van der Waals surface area contributed by atoms with Gasteiger partial charge in [0.2, 0.25) is 10.0 Å². The van der Waals surface area contributed by atoms with Crippen molar-refractivity contribution in [1.82, 2.24) is 14.2 Å². The van der Waals surface area contributed by atoms with Gasteiger partial charge in [0.15, 0.2) is 0 Å². The Morgan fingerprint density at radius 1 is 1.53 bits per heavy atom. The third-order valence-corrected chi connectivity index (χ3v) is 5.10. The van der Waals surface area contributed by atoms with Crippen LogP contribution in [0.4, 0.5) is 0 Å². The molecule has 1 amide bonds. The summed E-state index contributed by atoms with van der Waals surface area (Å²) in [5, 5.41) is 2.48. The molecule has 8 heteroatoms.